The lowest BCUT2D eigenvalue weighted by Gasteiger charge is -2.25. The Hall–Kier alpha value is -1.09. The van der Waals surface area contributed by atoms with Crippen LogP contribution in [0.2, 0.25) is 0 Å². The first-order valence-corrected chi connectivity index (χ1v) is 3.56. The molecule has 0 N–H and O–H groups in total. The summed E-state index contributed by atoms with van der Waals surface area (Å²) in [5, 5.41) is 0. The first-order chi connectivity index (χ1) is 6.79. The Kier molecular flexibility index (Phi) is 3.78. The molecular formula is C6H5F8NO. The predicted octanol–water partition coefficient (Wildman–Crippen LogP) is 2.20. The molecule has 0 aliphatic heterocycles. The van der Waals surface area contributed by atoms with Gasteiger partial charge in [0.05, 0.1) is 0 Å². The van der Waals surface area contributed by atoms with Crippen molar-refractivity contribution >= 4 is 5.91 Å². The molecule has 0 aromatic rings. The van der Waals surface area contributed by atoms with Gasteiger partial charge in [0, 0.05) is 7.05 Å². The average Bonchev–Trinajstić information content (AvgIpc) is 1.97. The number of hydrogen-bond acceptors (Lipinski definition) is 1. The second-order valence-corrected chi connectivity index (χ2v) is 2.85. The summed E-state index contributed by atoms with van der Waals surface area (Å²) in [5.74, 6) is -8.77. The molecule has 0 aliphatic rings. The van der Waals surface area contributed by atoms with Gasteiger partial charge in [-0.2, -0.15) is 35.1 Å². The molecule has 96 valence electrons. The van der Waals surface area contributed by atoms with E-state index in [9.17, 15) is 39.9 Å². The van der Waals surface area contributed by atoms with E-state index in [1.165, 1.54) is 0 Å². The lowest BCUT2D eigenvalue weighted by Crippen LogP contribution is -2.52. The topological polar surface area (TPSA) is 20.3 Å². The molecule has 0 aromatic heterocycles. The summed E-state index contributed by atoms with van der Waals surface area (Å²) in [6.45, 7) is -2.18. The maximum absolute atomic E-state index is 12.3. The molecule has 0 atom stereocenters. The standard InChI is InChI=1S/C6H5F8NO/c1-15(2-4(7,8)9)3(16)5(10,11)6(12,13)14/h2H2,1H3. The molecule has 16 heavy (non-hydrogen) atoms. The summed E-state index contributed by atoms with van der Waals surface area (Å²) < 4.78 is 94.2. The Labute approximate surface area is 83.8 Å². The molecule has 0 saturated heterocycles. The third-order valence-electron chi connectivity index (χ3n) is 1.39. The van der Waals surface area contributed by atoms with Crippen molar-refractivity contribution in [3.63, 3.8) is 0 Å². The zero-order chi connectivity index (χ0) is 13.4. The summed E-state index contributed by atoms with van der Waals surface area (Å²) in [7, 11) is 0.204. The highest BCUT2D eigenvalue weighted by Gasteiger charge is 2.64. The molecule has 0 radical (unpaired) electrons. The lowest BCUT2D eigenvalue weighted by atomic mass is 10.3. The molecule has 0 heterocycles. The fourth-order valence-corrected chi connectivity index (χ4v) is 0.702. The van der Waals surface area contributed by atoms with Gasteiger partial charge in [-0.1, -0.05) is 0 Å². The summed E-state index contributed by atoms with van der Waals surface area (Å²) in [6, 6.07) is 0. The maximum atomic E-state index is 12.3. The van der Waals surface area contributed by atoms with Crippen LogP contribution in [0.1, 0.15) is 0 Å². The van der Waals surface area contributed by atoms with E-state index in [0.29, 0.717) is 0 Å². The van der Waals surface area contributed by atoms with Gasteiger partial charge in [0.25, 0.3) is 0 Å². The summed E-state index contributed by atoms with van der Waals surface area (Å²) >= 11 is 0. The first-order valence-electron chi connectivity index (χ1n) is 3.56. The SMILES string of the molecule is CN(CC(F)(F)F)C(=O)C(F)(F)C(F)(F)F. The minimum Gasteiger partial charge on any atom is -0.331 e. The van der Waals surface area contributed by atoms with E-state index in [1.54, 1.807) is 0 Å². The number of halogens is 8. The predicted molar refractivity (Wildman–Crippen MR) is 34.7 cm³/mol. The van der Waals surface area contributed by atoms with Gasteiger partial charge in [-0.3, -0.25) is 4.79 Å². The van der Waals surface area contributed by atoms with Gasteiger partial charge in [-0.05, 0) is 0 Å². The number of alkyl halides is 8. The van der Waals surface area contributed by atoms with Crippen LogP contribution in [-0.2, 0) is 4.79 Å². The van der Waals surface area contributed by atoms with E-state index in [1.807, 2.05) is 0 Å². The number of nitrogens with zero attached hydrogens (tertiary/aromatic N) is 1. The van der Waals surface area contributed by atoms with Crippen LogP contribution in [0.15, 0.2) is 0 Å². The van der Waals surface area contributed by atoms with E-state index < -0.39 is 35.6 Å². The van der Waals surface area contributed by atoms with Crippen molar-refractivity contribution in [2.45, 2.75) is 18.3 Å². The first kappa shape index (κ1) is 14.9. The Bertz CT molecular complexity index is 267. The number of carbonyl (C=O) groups excluding carboxylic acids is 1. The number of rotatable bonds is 2. The van der Waals surface area contributed by atoms with Gasteiger partial charge in [0.15, 0.2) is 0 Å². The molecule has 0 rings (SSSR count). The summed E-state index contributed by atoms with van der Waals surface area (Å²) in [6.07, 6.45) is -11.3. The fraction of sp³-hybridized carbons (Fsp3) is 0.833. The Morgan fingerprint density at radius 1 is 1.00 bits per heavy atom. The molecular weight excluding hydrogens is 254 g/mol. The molecule has 0 saturated carbocycles. The van der Waals surface area contributed by atoms with Crippen molar-refractivity contribution in [3.8, 4) is 0 Å². The minimum atomic E-state index is -6.22. The molecule has 0 aliphatic carbocycles. The maximum Gasteiger partial charge on any atom is 0.463 e. The zero-order valence-corrected chi connectivity index (χ0v) is 7.59. The summed E-state index contributed by atoms with van der Waals surface area (Å²) in [5.41, 5.74) is 0. The third kappa shape index (κ3) is 3.49. The highest BCUT2D eigenvalue weighted by Crippen LogP contribution is 2.37. The molecule has 0 bridgehead atoms. The van der Waals surface area contributed by atoms with Crippen LogP contribution < -0.4 is 0 Å². The van der Waals surface area contributed by atoms with E-state index >= 15 is 0 Å². The number of carbonyl (C=O) groups is 1. The molecule has 2 nitrogen and oxygen atoms in total. The lowest BCUT2D eigenvalue weighted by molar-refractivity contribution is -0.275. The van der Waals surface area contributed by atoms with Gasteiger partial charge < -0.3 is 4.90 Å². The van der Waals surface area contributed by atoms with Crippen molar-refractivity contribution in [3.05, 3.63) is 0 Å². The number of amides is 1. The van der Waals surface area contributed by atoms with Crippen LogP contribution in [0.25, 0.3) is 0 Å². The van der Waals surface area contributed by atoms with E-state index in [4.69, 9.17) is 0 Å². The molecule has 0 fully saturated rings. The highest BCUT2D eigenvalue weighted by molar-refractivity contribution is 5.84. The van der Waals surface area contributed by atoms with Crippen LogP contribution >= 0.6 is 0 Å². The van der Waals surface area contributed by atoms with Crippen LogP contribution in [0, 0.1) is 0 Å². The van der Waals surface area contributed by atoms with Crippen LogP contribution in [0.3, 0.4) is 0 Å². The average molecular weight is 259 g/mol. The molecule has 10 heteroatoms. The normalized spacial score (nSPS) is 13.8. The van der Waals surface area contributed by atoms with Crippen molar-refractivity contribution in [2.75, 3.05) is 13.6 Å². The van der Waals surface area contributed by atoms with Gasteiger partial charge in [0.2, 0.25) is 0 Å². The van der Waals surface area contributed by atoms with Crippen molar-refractivity contribution in [2.24, 2.45) is 0 Å². The van der Waals surface area contributed by atoms with Crippen molar-refractivity contribution in [1.29, 1.82) is 0 Å². The largest absolute Gasteiger partial charge is 0.463 e. The molecule has 1 amide bonds. The number of hydrogen-bond donors (Lipinski definition) is 0. The second-order valence-electron chi connectivity index (χ2n) is 2.85. The van der Waals surface area contributed by atoms with Gasteiger partial charge in [0.1, 0.15) is 6.54 Å². The van der Waals surface area contributed by atoms with Gasteiger partial charge >= 0.3 is 24.2 Å². The smallest absolute Gasteiger partial charge is 0.331 e. The van der Waals surface area contributed by atoms with Crippen LogP contribution in [0.4, 0.5) is 35.1 Å². The quantitative estimate of drug-likeness (QED) is 0.696. The van der Waals surface area contributed by atoms with Gasteiger partial charge in [-0.25, -0.2) is 0 Å². The molecule has 0 spiro atoms. The van der Waals surface area contributed by atoms with E-state index in [0.717, 1.165) is 0 Å². The Balaban J connectivity index is 4.81. The van der Waals surface area contributed by atoms with E-state index in [2.05, 4.69) is 0 Å². The summed E-state index contributed by atoms with van der Waals surface area (Å²) in [4.78, 5) is 9.72. The van der Waals surface area contributed by atoms with Gasteiger partial charge in [-0.15, -0.1) is 0 Å². The Morgan fingerprint density at radius 3 is 1.62 bits per heavy atom. The van der Waals surface area contributed by atoms with Crippen molar-refractivity contribution in [1.82, 2.24) is 4.90 Å². The van der Waals surface area contributed by atoms with Crippen molar-refractivity contribution < 1.29 is 39.9 Å². The molecule has 0 unspecified atom stereocenters. The fourth-order valence-electron chi connectivity index (χ4n) is 0.702. The molecule has 0 aromatic carbocycles. The van der Waals surface area contributed by atoms with E-state index in [-0.39, 0.29) is 7.05 Å². The second kappa shape index (κ2) is 4.06. The monoisotopic (exact) mass is 259 g/mol. The Morgan fingerprint density at radius 2 is 1.38 bits per heavy atom. The van der Waals surface area contributed by atoms with Crippen LogP contribution in [-0.4, -0.2) is 42.7 Å². The zero-order valence-electron chi connectivity index (χ0n) is 7.59. The third-order valence-corrected chi connectivity index (χ3v) is 1.39. The minimum absolute atomic E-state index is 0.204. The van der Waals surface area contributed by atoms with Crippen LogP contribution in [0.5, 0.6) is 0 Å². The highest BCUT2D eigenvalue weighted by atomic mass is 19.4.